The minimum Gasteiger partial charge on any atom is -0.352 e. The van der Waals surface area contributed by atoms with Gasteiger partial charge in [-0.25, -0.2) is 4.98 Å². The molecule has 0 radical (unpaired) electrons. The first-order chi connectivity index (χ1) is 11.6. The van der Waals surface area contributed by atoms with Crippen molar-refractivity contribution in [3.63, 3.8) is 0 Å². The predicted molar refractivity (Wildman–Crippen MR) is 94.2 cm³/mol. The van der Waals surface area contributed by atoms with Gasteiger partial charge in [-0.2, -0.15) is 5.26 Å². The summed E-state index contributed by atoms with van der Waals surface area (Å²) in [6.45, 7) is 3.49. The van der Waals surface area contributed by atoms with E-state index in [-0.39, 0.29) is 5.69 Å². The number of non-ortho nitro benzene ring substituents is 1. The number of nitriles is 1. The molecule has 24 heavy (non-hydrogen) atoms. The number of hydrogen-bond acceptors (Lipinski definition) is 6. The Labute approximate surface area is 142 Å². The Morgan fingerprint density at radius 1 is 1.38 bits per heavy atom. The third-order valence-corrected chi connectivity index (χ3v) is 4.60. The normalized spacial score (nSPS) is 10.5. The molecule has 1 aromatic carbocycles. The van der Waals surface area contributed by atoms with Gasteiger partial charge in [-0.3, -0.25) is 10.1 Å². The molecule has 0 spiro atoms. The molecule has 3 rings (SSSR count). The number of nitro groups is 1. The van der Waals surface area contributed by atoms with Crippen LogP contribution in [0.25, 0.3) is 10.9 Å². The fourth-order valence-electron chi connectivity index (χ4n) is 2.51. The van der Waals surface area contributed by atoms with Gasteiger partial charge in [0.2, 0.25) is 0 Å². The van der Waals surface area contributed by atoms with E-state index in [0.29, 0.717) is 28.8 Å². The number of fused-ring (bicyclic) bond motifs is 1. The van der Waals surface area contributed by atoms with Crippen molar-refractivity contribution in [3.8, 4) is 6.07 Å². The Hall–Kier alpha value is -2.98. The van der Waals surface area contributed by atoms with Gasteiger partial charge >= 0.3 is 0 Å². The van der Waals surface area contributed by atoms with E-state index in [0.717, 1.165) is 6.54 Å². The van der Waals surface area contributed by atoms with Crippen LogP contribution in [0.3, 0.4) is 0 Å². The molecule has 0 amide bonds. The molecule has 2 heterocycles. The molecule has 0 unspecified atom stereocenters. The van der Waals surface area contributed by atoms with E-state index in [1.165, 1.54) is 17.0 Å². The molecule has 120 valence electrons. The van der Waals surface area contributed by atoms with Crippen LogP contribution < -0.4 is 4.90 Å². The predicted octanol–water partition coefficient (Wildman–Crippen LogP) is 4.10. The SMILES string of the molecule is CCN(Cc1cccs1)c1cc(C#N)c2cc([N+](=O)[O-])ccc2n1. The highest BCUT2D eigenvalue weighted by molar-refractivity contribution is 7.09. The van der Waals surface area contributed by atoms with Crippen molar-refractivity contribution in [2.45, 2.75) is 13.5 Å². The van der Waals surface area contributed by atoms with Gasteiger partial charge in [-0.1, -0.05) is 6.07 Å². The summed E-state index contributed by atoms with van der Waals surface area (Å²) < 4.78 is 0. The van der Waals surface area contributed by atoms with Crippen molar-refractivity contribution < 1.29 is 4.92 Å². The van der Waals surface area contributed by atoms with Gasteiger partial charge < -0.3 is 4.90 Å². The molecule has 0 saturated heterocycles. The lowest BCUT2D eigenvalue weighted by molar-refractivity contribution is -0.384. The lowest BCUT2D eigenvalue weighted by atomic mass is 10.1. The Bertz CT molecular complexity index is 932. The molecule has 0 saturated carbocycles. The van der Waals surface area contributed by atoms with Crippen LogP contribution in [-0.2, 0) is 6.54 Å². The van der Waals surface area contributed by atoms with Gasteiger partial charge in [0.15, 0.2) is 0 Å². The fraction of sp³-hybridized carbons (Fsp3) is 0.176. The summed E-state index contributed by atoms with van der Waals surface area (Å²) in [7, 11) is 0. The average Bonchev–Trinajstić information content (AvgIpc) is 3.11. The first-order valence-corrected chi connectivity index (χ1v) is 8.27. The van der Waals surface area contributed by atoms with E-state index in [1.807, 2.05) is 18.4 Å². The van der Waals surface area contributed by atoms with Gasteiger partial charge in [-0.15, -0.1) is 11.3 Å². The molecule has 0 atom stereocenters. The van der Waals surface area contributed by atoms with E-state index < -0.39 is 4.92 Å². The number of nitrogens with zero attached hydrogens (tertiary/aromatic N) is 4. The Kier molecular flexibility index (Phi) is 4.40. The van der Waals surface area contributed by atoms with Gasteiger partial charge in [0.1, 0.15) is 5.82 Å². The van der Waals surface area contributed by atoms with E-state index >= 15 is 0 Å². The van der Waals surface area contributed by atoms with Crippen LogP contribution in [0.4, 0.5) is 11.5 Å². The van der Waals surface area contributed by atoms with E-state index in [4.69, 9.17) is 0 Å². The van der Waals surface area contributed by atoms with Crippen LogP contribution in [-0.4, -0.2) is 16.5 Å². The molecule has 0 N–H and O–H groups in total. The highest BCUT2D eigenvalue weighted by atomic mass is 32.1. The second-order valence-corrected chi connectivity index (χ2v) is 6.22. The maximum atomic E-state index is 10.9. The zero-order valence-electron chi connectivity index (χ0n) is 13.0. The van der Waals surface area contributed by atoms with Gasteiger partial charge in [-0.05, 0) is 30.5 Å². The van der Waals surface area contributed by atoms with Crippen molar-refractivity contribution in [1.82, 2.24) is 4.98 Å². The molecular formula is C17H14N4O2S. The maximum Gasteiger partial charge on any atom is 0.270 e. The van der Waals surface area contributed by atoms with Crippen molar-refractivity contribution in [3.05, 3.63) is 62.3 Å². The number of benzene rings is 1. The van der Waals surface area contributed by atoms with Crippen LogP contribution in [0.1, 0.15) is 17.4 Å². The van der Waals surface area contributed by atoms with Crippen LogP contribution >= 0.6 is 11.3 Å². The molecular weight excluding hydrogens is 324 g/mol. The molecule has 2 aromatic heterocycles. The molecule has 0 fully saturated rings. The van der Waals surface area contributed by atoms with E-state index in [2.05, 4.69) is 22.0 Å². The molecule has 6 nitrogen and oxygen atoms in total. The first kappa shape index (κ1) is 15.9. The summed E-state index contributed by atoms with van der Waals surface area (Å²) in [6.07, 6.45) is 0. The third kappa shape index (κ3) is 3.05. The van der Waals surface area contributed by atoms with Crippen molar-refractivity contribution >= 4 is 33.7 Å². The second kappa shape index (κ2) is 6.64. The van der Waals surface area contributed by atoms with Gasteiger partial charge in [0.05, 0.1) is 28.6 Å². The molecule has 3 aromatic rings. The zero-order chi connectivity index (χ0) is 17.1. The summed E-state index contributed by atoms with van der Waals surface area (Å²) in [6, 6.07) is 12.3. The van der Waals surface area contributed by atoms with E-state index in [9.17, 15) is 15.4 Å². The zero-order valence-corrected chi connectivity index (χ0v) is 13.8. The number of pyridine rings is 1. The molecule has 7 heteroatoms. The highest BCUT2D eigenvalue weighted by Crippen LogP contribution is 2.27. The molecule has 0 aliphatic heterocycles. The van der Waals surface area contributed by atoms with Crippen molar-refractivity contribution in [2.75, 3.05) is 11.4 Å². The molecule has 0 aliphatic rings. The largest absolute Gasteiger partial charge is 0.352 e. The second-order valence-electron chi connectivity index (χ2n) is 5.19. The number of hydrogen-bond donors (Lipinski definition) is 0. The minimum absolute atomic E-state index is 0.0421. The Morgan fingerprint density at radius 3 is 2.83 bits per heavy atom. The Morgan fingerprint density at radius 2 is 2.21 bits per heavy atom. The monoisotopic (exact) mass is 338 g/mol. The van der Waals surface area contributed by atoms with Gasteiger partial charge in [0, 0.05) is 28.9 Å². The number of anilines is 1. The fourth-order valence-corrected chi connectivity index (χ4v) is 3.23. The van der Waals surface area contributed by atoms with Gasteiger partial charge in [0.25, 0.3) is 5.69 Å². The van der Waals surface area contributed by atoms with Crippen molar-refractivity contribution in [2.24, 2.45) is 0 Å². The summed E-state index contributed by atoms with van der Waals surface area (Å²) >= 11 is 1.67. The van der Waals surface area contributed by atoms with Crippen molar-refractivity contribution in [1.29, 1.82) is 5.26 Å². The quantitative estimate of drug-likeness (QED) is 0.516. The summed E-state index contributed by atoms with van der Waals surface area (Å²) in [5, 5.41) is 22.9. The number of rotatable bonds is 5. The number of thiophene rings is 1. The van der Waals surface area contributed by atoms with Crippen LogP contribution in [0.15, 0.2) is 41.8 Å². The van der Waals surface area contributed by atoms with E-state index in [1.54, 1.807) is 23.5 Å². The molecule has 0 bridgehead atoms. The highest BCUT2D eigenvalue weighted by Gasteiger charge is 2.14. The lowest BCUT2D eigenvalue weighted by Crippen LogP contribution is -2.22. The van der Waals surface area contributed by atoms with Crippen LogP contribution in [0, 0.1) is 21.4 Å². The maximum absolute atomic E-state index is 10.9. The first-order valence-electron chi connectivity index (χ1n) is 7.39. The standard InChI is InChI=1S/C17H14N4O2S/c1-2-20(11-14-4-3-7-24-14)17-8-12(10-18)15-9-13(21(22)23)5-6-16(15)19-17/h3-9H,2,11H2,1H3. The molecule has 0 aliphatic carbocycles. The summed E-state index contributed by atoms with van der Waals surface area (Å²) in [4.78, 5) is 18.3. The summed E-state index contributed by atoms with van der Waals surface area (Å²) in [5.41, 5.74) is 0.932. The average molecular weight is 338 g/mol. The number of nitro benzene ring substituents is 1. The van der Waals surface area contributed by atoms with Crippen LogP contribution in [0.2, 0.25) is 0 Å². The summed E-state index contributed by atoms with van der Waals surface area (Å²) in [5.74, 6) is 0.698. The third-order valence-electron chi connectivity index (χ3n) is 3.74. The minimum atomic E-state index is -0.469. The topological polar surface area (TPSA) is 83.1 Å². The lowest BCUT2D eigenvalue weighted by Gasteiger charge is -2.22. The Balaban J connectivity index is 2.07. The van der Waals surface area contributed by atoms with Crippen LogP contribution in [0.5, 0.6) is 0 Å². The smallest absolute Gasteiger partial charge is 0.270 e. The number of aromatic nitrogens is 1.